The van der Waals surface area contributed by atoms with Crippen molar-refractivity contribution >= 4 is 23.6 Å². The molecule has 3 rings (SSSR count). The lowest BCUT2D eigenvalue weighted by Crippen LogP contribution is -2.23. The van der Waals surface area contributed by atoms with Gasteiger partial charge in [0.05, 0.1) is 18.2 Å². The molecule has 0 atom stereocenters. The Labute approximate surface area is 157 Å². The number of aromatic nitrogens is 3. The molecule has 1 N–H and O–H groups in total. The van der Waals surface area contributed by atoms with Gasteiger partial charge in [-0.05, 0) is 25.0 Å². The fourth-order valence-corrected chi connectivity index (χ4v) is 3.04. The molecule has 0 aliphatic carbocycles. The number of hydrogen-bond acceptors (Lipinski definition) is 5. The first kappa shape index (κ1) is 18.7. The molecule has 1 aromatic carbocycles. The van der Waals surface area contributed by atoms with E-state index in [0.717, 1.165) is 11.4 Å². The lowest BCUT2D eigenvalue weighted by molar-refractivity contribution is 0.416. The molecule has 0 amide bonds. The first-order valence-corrected chi connectivity index (χ1v) is 8.78. The second-order valence-corrected chi connectivity index (χ2v) is 7.04. The normalized spacial score (nSPS) is 12.2. The van der Waals surface area contributed by atoms with Gasteiger partial charge in [0, 0.05) is 31.4 Å². The standard InChI is InChI=1S/C20H25N5O2/c1-11(2)17-12(3)20(26)25-19(22-17)18(13(4)23-25)21-15-9-8-14(24(5)6)10-16(15)27-7/h8-11,23H,4H2,1-3,5-7H3. The van der Waals surface area contributed by atoms with Crippen LogP contribution in [0.2, 0.25) is 0 Å². The van der Waals surface area contributed by atoms with Crippen LogP contribution in [0.1, 0.15) is 31.0 Å². The fourth-order valence-electron chi connectivity index (χ4n) is 3.04. The van der Waals surface area contributed by atoms with Gasteiger partial charge >= 0.3 is 0 Å². The van der Waals surface area contributed by atoms with Gasteiger partial charge in [0.25, 0.3) is 5.56 Å². The van der Waals surface area contributed by atoms with Crippen LogP contribution in [0, 0.1) is 6.92 Å². The maximum Gasteiger partial charge on any atom is 0.275 e. The molecule has 7 nitrogen and oxygen atoms in total. The van der Waals surface area contributed by atoms with Crippen molar-refractivity contribution in [3.05, 3.63) is 50.5 Å². The highest BCUT2D eigenvalue weighted by molar-refractivity contribution is 5.62. The minimum absolute atomic E-state index is 0.132. The summed E-state index contributed by atoms with van der Waals surface area (Å²) in [4.78, 5) is 24.1. The van der Waals surface area contributed by atoms with Gasteiger partial charge in [-0.2, -0.15) is 4.52 Å². The molecule has 27 heavy (non-hydrogen) atoms. The largest absolute Gasteiger partial charge is 0.494 e. The monoisotopic (exact) mass is 367 g/mol. The number of rotatable bonds is 4. The Hall–Kier alpha value is -3.09. The molecule has 0 saturated heterocycles. The van der Waals surface area contributed by atoms with E-state index in [4.69, 9.17) is 14.7 Å². The van der Waals surface area contributed by atoms with Gasteiger partial charge in [0.1, 0.15) is 16.8 Å². The molecule has 0 saturated carbocycles. The average Bonchev–Trinajstić information content (AvgIpc) is 2.94. The van der Waals surface area contributed by atoms with Crippen molar-refractivity contribution in [2.24, 2.45) is 4.99 Å². The van der Waals surface area contributed by atoms with Gasteiger partial charge in [-0.1, -0.05) is 20.4 Å². The van der Waals surface area contributed by atoms with Gasteiger partial charge in [0.2, 0.25) is 0 Å². The van der Waals surface area contributed by atoms with Crippen molar-refractivity contribution in [3.8, 4) is 5.75 Å². The number of methoxy groups -OCH3 is 1. The van der Waals surface area contributed by atoms with Gasteiger partial charge < -0.3 is 9.64 Å². The number of benzene rings is 1. The molecule has 7 heteroatoms. The molecule has 0 fully saturated rings. The molecule has 0 aliphatic heterocycles. The number of H-pyrrole nitrogens is 1. The predicted molar refractivity (Wildman–Crippen MR) is 108 cm³/mol. The molecule has 0 radical (unpaired) electrons. The van der Waals surface area contributed by atoms with E-state index in [-0.39, 0.29) is 11.5 Å². The summed E-state index contributed by atoms with van der Waals surface area (Å²) in [7, 11) is 5.54. The van der Waals surface area contributed by atoms with Crippen molar-refractivity contribution in [1.82, 2.24) is 14.6 Å². The molecule has 0 aliphatic rings. The Kier molecular flexibility index (Phi) is 4.78. The van der Waals surface area contributed by atoms with Crippen LogP contribution in [0.5, 0.6) is 5.75 Å². The first-order chi connectivity index (χ1) is 12.7. The van der Waals surface area contributed by atoms with Gasteiger partial charge in [0.15, 0.2) is 5.65 Å². The van der Waals surface area contributed by atoms with Crippen LogP contribution in [-0.2, 0) is 0 Å². The van der Waals surface area contributed by atoms with E-state index in [2.05, 4.69) is 11.7 Å². The first-order valence-electron chi connectivity index (χ1n) is 8.78. The maximum absolute atomic E-state index is 12.7. The number of nitrogens with one attached hydrogen (secondary N) is 1. The van der Waals surface area contributed by atoms with Gasteiger partial charge in [-0.3, -0.25) is 9.89 Å². The van der Waals surface area contributed by atoms with E-state index in [1.807, 2.05) is 51.0 Å². The maximum atomic E-state index is 12.7. The third-order valence-corrected chi connectivity index (χ3v) is 4.55. The molecule has 2 aromatic heterocycles. The van der Waals surface area contributed by atoms with E-state index in [0.29, 0.717) is 33.4 Å². The molecule has 0 unspecified atom stereocenters. The van der Waals surface area contributed by atoms with Crippen LogP contribution in [0.25, 0.3) is 12.2 Å². The second kappa shape index (κ2) is 6.90. The van der Waals surface area contributed by atoms with Crippen molar-refractivity contribution < 1.29 is 4.74 Å². The van der Waals surface area contributed by atoms with Crippen molar-refractivity contribution in [2.45, 2.75) is 26.7 Å². The molecule has 2 heterocycles. The molecular formula is C20H25N5O2. The zero-order valence-electron chi connectivity index (χ0n) is 16.6. The molecule has 142 valence electrons. The SMILES string of the molecule is C=c1[nH]n2c(=O)c(C)c(C(C)C)nc2c1=Nc1ccc(N(C)C)cc1OC. The van der Waals surface area contributed by atoms with Crippen molar-refractivity contribution in [1.29, 1.82) is 0 Å². The molecule has 3 aromatic rings. The third kappa shape index (κ3) is 3.20. The van der Waals surface area contributed by atoms with Crippen LogP contribution < -0.4 is 25.9 Å². The Balaban J connectivity index is 2.34. The topological polar surface area (TPSA) is 75.0 Å². The van der Waals surface area contributed by atoms with Crippen LogP contribution in [-0.4, -0.2) is 35.8 Å². The number of hydrogen-bond donors (Lipinski definition) is 1. The Morgan fingerprint density at radius 2 is 2.04 bits per heavy atom. The van der Waals surface area contributed by atoms with Crippen molar-refractivity contribution in [2.75, 3.05) is 26.1 Å². The zero-order valence-corrected chi connectivity index (χ0v) is 16.6. The van der Waals surface area contributed by atoms with Gasteiger partial charge in [-0.25, -0.2) is 9.98 Å². The zero-order chi connectivity index (χ0) is 19.9. The lowest BCUT2D eigenvalue weighted by atomic mass is 10.1. The summed E-state index contributed by atoms with van der Waals surface area (Å²) in [6, 6.07) is 5.76. The Bertz CT molecular complexity index is 1170. The van der Waals surface area contributed by atoms with Crippen LogP contribution in [0.3, 0.4) is 0 Å². The second-order valence-electron chi connectivity index (χ2n) is 7.04. The molecule has 0 bridgehead atoms. The average molecular weight is 367 g/mol. The summed E-state index contributed by atoms with van der Waals surface area (Å²) in [6.07, 6.45) is 0. The number of nitrogens with zero attached hydrogens (tertiary/aromatic N) is 4. The summed E-state index contributed by atoms with van der Waals surface area (Å²) in [5.41, 5.74) is 3.39. The smallest absolute Gasteiger partial charge is 0.275 e. The van der Waals surface area contributed by atoms with Crippen LogP contribution >= 0.6 is 0 Å². The highest BCUT2D eigenvalue weighted by Gasteiger charge is 2.15. The molecular weight excluding hydrogens is 342 g/mol. The van der Waals surface area contributed by atoms with E-state index in [1.54, 1.807) is 14.0 Å². The Morgan fingerprint density at radius 1 is 1.33 bits per heavy atom. The third-order valence-electron chi connectivity index (χ3n) is 4.55. The fraction of sp³-hybridized carbons (Fsp3) is 0.350. The summed E-state index contributed by atoms with van der Waals surface area (Å²) >= 11 is 0. The number of fused-ring (bicyclic) bond motifs is 1. The quantitative estimate of drug-likeness (QED) is 0.764. The summed E-state index contributed by atoms with van der Waals surface area (Å²) in [5, 5.41) is 4.04. The highest BCUT2D eigenvalue weighted by Crippen LogP contribution is 2.30. The minimum Gasteiger partial charge on any atom is -0.494 e. The summed E-state index contributed by atoms with van der Waals surface area (Å²) < 4.78 is 6.91. The highest BCUT2D eigenvalue weighted by atomic mass is 16.5. The summed E-state index contributed by atoms with van der Waals surface area (Å²) in [5.74, 6) is 0.770. The van der Waals surface area contributed by atoms with E-state index >= 15 is 0 Å². The minimum atomic E-state index is -0.134. The predicted octanol–water partition coefficient (Wildman–Crippen LogP) is 1.89. The van der Waals surface area contributed by atoms with Crippen LogP contribution in [0.4, 0.5) is 11.4 Å². The molecule has 0 spiro atoms. The van der Waals surface area contributed by atoms with E-state index in [9.17, 15) is 4.79 Å². The summed E-state index contributed by atoms with van der Waals surface area (Å²) in [6.45, 7) is 9.83. The van der Waals surface area contributed by atoms with E-state index < -0.39 is 0 Å². The van der Waals surface area contributed by atoms with E-state index in [1.165, 1.54) is 4.52 Å². The lowest BCUT2D eigenvalue weighted by Gasteiger charge is -2.14. The number of aromatic amines is 1. The number of anilines is 1. The Morgan fingerprint density at radius 3 is 2.63 bits per heavy atom. The van der Waals surface area contributed by atoms with Gasteiger partial charge in [-0.15, -0.1) is 0 Å². The van der Waals surface area contributed by atoms with Crippen molar-refractivity contribution in [3.63, 3.8) is 0 Å². The van der Waals surface area contributed by atoms with Crippen LogP contribution in [0.15, 0.2) is 28.0 Å². The number of ether oxygens (including phenoxy) is 1.